The summed E-state index contributed by atoms with van der Waals surface area (Å²) in [4.78, 5) is 18.0. The molecule has 1 aromatic carbocycles. The molecule has 0 aliphatic heterocycles. The number of aliphatic hydroxyl groups is 3. The molecule has 0 saturated heterocycles. The van der Waals surface area contributed by atoms with Gasteiger partial charge in [-0.3, -0.25) is 0 Å². The molecule has 0 radical (unpaired) electrons. The van der Waals surface area contributed by atoms with E-state index in [1.54, 1.807) is 18.2 Å². The molecule has 0 bridgehead atoms. The highest BCUT2D eigenvalue weighted by Gasteiger charge is 2.38. The van der Waals surface area contributed by atoms with Crippen molar-refractivity contribution in [3.05, 3.63) is 53.8 Å². The molecule has 0 amide bonds. The smallest absolute Gasteiger partial charge is 0.448 e. The zero-order valence-electron chi connectivity index (χ0n) is 13.2. The summed E-state index contributed by atoms with van der Waals surface area (Å²) in [5, 5.41) is 39.7. The maximum absolute atomic E-state index is 11.1. The third-order valence-corrected chi connectivity index (χ3v) is 4.24. The maximum Gasteiger partial charge on any atom is 0.448 e. The molecule has 0 saturated carbocycles. The van der Waals surface area contributed by atoms with Gasteiger partial charge in [0.25, 0.3) is 0 Å². The van der Waals surface area contributed by atoms with Crippen molar-refractivity contribution in [2.75, 3.05) is 0 Å². The fourth-order valence-electron chi connectivity index (χ4n) is 2.62. The fraction of sp³-hybridized carbons (Fsp3) is 0.312. The van der Waals surface area contributed by atoms with E-state index in [1.165, 1.54) is 6.07 Å². The van der Waals surface area contributed by atoms with E-state index >= 15 is 0 Å². The van der Waals surface area contributed by atoms with E-state index in [9.17, 15) is 25.0 Å². The molecular weight excluding hydrogens is 349 g/mol. The van der Waals surface area contributed by atoms with Gasteiger partial charge in [-0.2, -0.15) is 4.76 Å². The average Bonchev–Trinajstić information content (AvgIpc) is 2.47. The van der Waals surface area contributed by atoms with Crippen LogP contribution in [0.3, 0.4) is 0 Å². The van der Waals surface area contributed by atoms with E-state index in [4.69, 9.17) is 9.79 Å². The molecule has 25 heavy (non-hydrogen) atoms. The van der Waals surface area contributed by atoms with Crippen molar-refractivity contribution in [3.8, 4) is 5.75 Å². The normalized spacial score (nSPS) is 19.9. The quantitative estimate of drug-likeness (QED) is 0.329. The van der Waals surface area contributed by atoms with Gasteiger partial charge in [-0.25, -0.2) is 4.57 Å². The summed E-state index contributed by atoms with van der Waals surface area (Å²) in [6.45, 7) is 0. The molecule has 2 rings (SSSR count). The zero-order chi connectivity index (χ0) is 18.7. The molecule has 0 spiro atoms. The number of phenols is 1. The van der Waals surface area contributed by atoms with Gasteiger partial charge in [0.05, 0.1) is 11.6 Å². The summed E-state index contributed by atoms with van der Waals surface area (Å²) < 4.78 is 14.3. The van der Waals surface area contributed by atoms with Crippen LogP contribution < -0.4 is 0 Å². The standard InChI is InChI=1S/C16H20NO7P/c18-12-5-1-3-11(9-12)4-2-8-16(20,21)14-10-13(19)6-7-15(14)17-25(22,23)24/h1,3,5-7,9-10,14,18-21H,2,4,8H2,(H2,22,23,24)/b17-15+. The first kappa shape index (κ1) is 19.4. The number of allylic oxidation sites excluding steroid dienone is 2. The number of benzene rings is 1. The Bertz CT molecular complexity index is 764. The lowest BCUT2D eigenvalue weighted by atomic mass is 9.86. The molecule has 0 aromatic heterocycles. The Hall–Kier alpha value is -1.96. The number of hydrogen-bond donors (Lipinski definition) is 6. The number of nitrogens with zero attached hydrogens (tertiary/aromatic N) is 1. The Labute approximate surface area is 144 Å². The molecule has 136 valence electrons. The van der Waals surface area contributed by atoms with Gasteiger partial charge in [0.1, 0.15) is 11.5 Å². The van der Waals surface area contributed by atoms with Crippen molar-refractivity contribution in [2.45, 2.75) is 25.0 Å². The topological polar surface area (TPSA) is 151 Å². The maximum atomic E-state index is 11.1. The lowest BCUT2D eigenvalue weighted by Gasteiger charge is -2.31. The molecule has 1 aliphatic rings. The van der Waals surface area contributed by atoms with Gasteiger partial charge in [0.2, 0.25) is 0 Å². The van der Waals surface area contributed by atoms with E-state index in [1.807, 2.05) is 0 Å². The highest BCUT2D eigenvalue weighted by molar-refractivity contribution is 7.50. The Morgan fingerprint density at radius 3 is 2.52 bits per heavy atom. The second kappa shape index (κ2) is 7.51. The monoisotopic (exact) mass is 369 g/mol. The molecule has 0 fully saturated rings. The summed E-state index contributed by atoms with van der Waals surface area (Å²) in [7, 11) is -4.76. The van der Waals surface area contributed by atoms with E-state index < -0.39 is 19.5 Å². The summed E-state index contributed by atoms with van der Waals surface area (Å²) in [6, 6.07) is 6.55. The summed E-state index contributed by atoms with van der Waals surface area (Å²) in [6.07, 6.45) is 4.03. The Balaban J connectivity index is 2.11. The Morgan fingerprint density at radius 2 is 1.88 bits per heavy atom. The van der Waals surface area contributed by atoms with Crippen LogP contribution in [0.1, 0.15) is 18.4 Å². The van der Waals surface area contributed by atoms with Crippen molar-refractivity contribution >= 4 is 13.5 Å². The van der Waals surface area contributed by atoms with Crippen LogP contribution in [0.5, 0.6) is 5.75 Å². The number of aryl methyl sites for hydroxylation is 1. The molecule has 8 nitrogen and oxygen atoms in total. The third kappa shape index (κ3) is 5.81. The van der Waals surface area contributed by atoms with E-state index in [0.29, 0.717) is 12.8 Å². The van der Waals surface area contributed by atoms with Crippen molar-refractivity contribution in [1.29, 1.82) is 0 Å². The van der Waals surface area contributed by atoms with Crippen LogP contribution >= 0.6 is 7.75 Å². The first-order chi connectivity index (χ1) is 11.6. The highest BCUT2D eigenvalue weighted by atomic mass is 31.2. The van der Waals surface area contributed by atoms with Gasteiger partial charge in [-0.05, 0) is 48.8 Å². The van der Waals surface area contributed by atoms with Crippen LogP contribution in [0.25, 0.3) is 0 Å². The molecule has 9 heteroatoms. The SMILES string of the molecule is O=P(O)(O)/N=C1\C=CC(O)=CC1C(O)(O)CCCc1cccc(O)c1. The minimum absolute atomic E-state index is 0.109. The van der Waals surface area contributed by atoms with Crippen molar-refractivity contribution in [2.24, 2.45) is 10.7 Å². The highest BCUT2D eigenvalue weighted by Crippen LogP contribution is 2.39. The molecule has 1 aromatic rings. The Kier molecular flexibility index (Phi) is 5.82. The van der Waals surface area contributed by atoms with Crippen LogP contribution in [0, 0.1) is 5.92 Å². The largest absolute Gasteiger partial charge is 0.508 e. The van der Waals surface area contributed by atoms with E-state index in [-0.39, 0.29) is 23.6 Å². The van der Waals surface area contributed by atoms with Gasteiger partial charge in [-0.1, -0.05) is 12.1 Å². The minimum atomic E-state index is -4.76. The molecular formula is C16H20NO7P. The van der Waals surface area contributed by atoms with Crippen LogP contribution in [-0.4, -0.2) is 41.7 Å². The van der Waals surface area contributed by atoms with Gasteiger partial charge < -0.3 is 30.2 Å². The number of aromatic hydroxyl groups is 1. The number of rotatable bonds is 6. The van der Waals surface area contributed by atoms with E-state index in [2.05, 4.69) is 4.76 Å². The Morgan fingerprint density at radius 1 is 1.16 bits per heavy atom. The predicted molar refractivity (Wildman–Crippen MR) is 91.0 cm³/mol. The second-order valence-corrected chi connectivity index (χ2v) is 7.07. The number of phenolic OH excluding ortho intramolecular Hbond substituents is 1. The third-order valence-electron chi connectivity index (χ3n) is 3.75. The molecule has 1 unspecified atom stereocenters. The van der Waals surface area contributed by atoms with Gasteiger partial charge >= 0.3 is 7.75 Å². The van der Waals surface area contributed by atoms with Gasteiger partial charge in [0, 0.05) is 6.42 Å². The van der Waals surface area contributed by atoms with Gasteiger partial charge in [-0.15, -0.1) is 0 Å². The summed E-state index contributed by atoms with van der Waals surface area (Å²) in [5.74, 6) is -3.79. The van der Waals surface area contributed by atoms with Crippen LogP contribution in [0.15, 0.2) is 53.0 Å². The van der Waals surface area contributed by atoms with Gasteiger partial charge in [0.15, 0.2) is 5.79 Å². The lowest BCUT2D eigenvalue weighted by molar-refractivity contribution is -0.179. The van der Waals surface area contributed by atoms with Crippen molar-refractivity contribution < 1.29 is 34.8 Å². The number of aliphatic hydroxyl groups excluding tert-OH is 1. The fourth-order valence-corrected chi connectivity index (χ4v) is 3.11. The zero-order valence-corrected chi connectivity index (χ0v) is 14.1. The van der Waals surface area contributed by atoms with Crippen LogP contribution in [0.2, 0.25) is 0 Å². The van der Waals surface area contributed by atoms with Crippen LogP contribution in [0.4, 0.5) is 0 Å². The molecule has 1 atom stereocenters. The lowest BCUT2D eigenvalue weighted by Crippen LogP contribution is -2.42. The molecule has 0 heterocycles. The van der Waals surface area contributed by atoms with Crippen molar-refractivity contribution in [1.82, 2.24) is 0 Å². The molecule has 6 N–H and O–H groups in total. The minimum Gasteiger partial charge on any atom is -0.508 e. The summed E-state index contributed by atoms with van der Waals surface area (Å²) in [5.41, 5.74) is 0.579. The van der Waals surface area contributed by atoms with Crippen LogP contribution in [-0.2, 0) is 11.0 Å². The first-order valence-electron chi connectivity index (χ1n) is 7.54. The number of hydrogen-bond acceptors (Lipinski definition) is 5. The molecule has 1 aliphatic carbocycles. The summed E-state index contributed by atoms with van der Waals surface area (Å²) >= 11 is 0. The first-order valence-corrected chi connectivity index (χ1v) is 9.10. The predicted octanol–water partition coefficient (Wildman–Crippen LogP) is 1.56. The van der Waals surface area contributed by atoms with E-state index in [0.717, 1.165) is 23.8 Å². The average molecular weight is 369 g/mol. The van der Waals surface area contributed by atoms with Crippen molar-refractivity contribution in [3.63, 3.8) is 0 Å². The second-order valence-electron chi connectivity index (χ2n) is 5.84.